The molecular formula is C20H18N4O4S2. The third-order valence-corrected chi connectivity index (χ3v) is 6.11. The molecule has 0 saturated heterocycles. The topological polar surface area (TPSA) is 107 Å². The Morgan fingerprint density at radius 1 is 1.20 bits per heavy atom. The molecule has 10 heteroatoms. The van der Waals surface area contributed by atoms with E-state index in [1.807, 2.05) is 19.9 Å². The molecule has 0 fully saturated rings. The van der Waals surface area contributed by atoms with E-state index in [1.54, 1.807) is 36.6 Å². The lowest BCUT2D eigenvalue weighted by Gasteiger charge is -2.06. The highest BCUT2D eigenvalue weighted by molar-refractivity contribution is 7.14. The largest absolute Gasteiger partial charge is 0.461 e. The molecule has 0 aliphatic rings. The minimum atomic E-state index is -0.527. The number of hydrogen-bond donors (Lipinski definition) is 1. The van der Waals surface area contributed by atoms with E-state index in [4.69, 9.17) is 9.26 Å². The molecule has 4 aromatic rings. The summed E-state index contributed by atoms with van der Waals surface area (Å²) in [5.41, 5.74) is 2.98. The van der Waals surface area contributed by atoms with Crippen LogP contribution in [0.4, 0.5) is 5.13 Å². The van der Waals surface area contributed by atoms with Crippen molar-refractivity contribution in [3.63, 3.8) is 0 Å². The summed E-state index contributed by atoms with van der Waals surface area (Å²) in [5.74, 6) is -0.912. The van der Waals surface area contributed by atoms with Crippen molar-refractivity contribution < 1.29 is 18.8 Å². The maximum Gasteiger partial charge on any atom is 0.357 e. The van der Waals surface area contributed by atoms with Crippen LogP contribution in [0, 0.1) is 20.8 Å². The van der Waals surface area contributed by atoms with Crippen LogP contribution in [0.25, 0.3) is 22.4 Å². The SMILES string of the molecule is CCOC(=O)c1csc(NC(=O)c2cc(-c3cc(C)sc3C)nc3onc(C)c23)n1. The van der Waals surface area contributed by atoms with Gasteiger partial charge in [0, 0.05) is 20.7 Å². The number of hydrogen-bond acceptors (Lipinski definition) is 9. The Balaban J connectivity index is 1.72. The summed E-state index contributed by atoms with van der Waals surface area (Å²) in [6, 6.07) is 3.77. The summed E-state index contributed by atoms with van der Waals surface area (Å²) in [6.07, 6.45) is 0. The zero-order chi connectivity index (χ0) is 21.4. The zero-order valence-corrected chi connectivity index (χ0v) is 18.4. The Labute approximate surface area is 179 Å². The maximum atomic E-state index is 13.1. The number of ether oxygens (including phenoxy) is 1. The van der Waals surface area contributed by atoms with Crippen LogP contribution in [0.5, 0.6) is 0 Å². The number of rotatable bonds is 5. The number of anilines is 1. The zero-order valence-electron chi connectivity index (χ0n) is 16.7. The molecule has 0 aliphatic heterocycles. The number of aromatic nitrogens is 3. The highest BCUT2D eigenvalue weighted by Crippen LogP contribution is 2.33. The Kier molecular flexibility index (Phi) is 5.35. The van der Waals surface area contributed by atoms with Crippen LogP contribution in [0.15, 0.2) is 22.0 Å². The molecule has 0 spiro atoms. The molecule has 0 atom stereocenters. The number of nitrogens with zero attached hydrogens (tertiary/aromatic N) is 3. The highest BCUT2D eigenvalue weighted by atomic mass is 32.1. The van der Waals surface area contributed by atoms with E-state index in [0.717, 1.165) is 26.7 Å². The third kappa shape index (κ3) is 3.71. The molecule has 4 rings (SSSR count). The second kappa shape index (κ2) is 7.96. The van der Waals surface area contributed by atoms with E-state index in [0.29, 0.717) is 33.2 Å². The van der Waals surface area contributed by atoms with Gasteiger partial charge in [-0.2, -0.15) is 0 Å². The molecule has 0 aromatic carbocycles. The number of pyridine rings is 1. The molecule has 8 nitrogen and oxygen atoms in total. The molecule has 0 aliphatic carbocycles. The highest BCUT2D eigenvalue weighted by Gasteiger charge is 2.22. The van der Waals surface area contributed by atoms with Crippen molar-refractivity contribution in [1.29, 1.82) is 0 Å². The van der Waals surface area contributed by atoms with Crippen LogP contribution in [0.1, 0.15) is 43.2 Å². The lowest BCUT2D eigenvalue weighted by atomic mass is 10.1. The molecule has 0 saturated carbocycles. The van der Waals surface area contributed by atoms with Crippen LogP contribution in [-0.2, 0) is 4.74 Å². The summed E-state index contributed by atoms with van der Waals surface area (Å²) in [6.45, 7) is 7.76. The molecule has 154 valence electrons. The van der Waals surface area contributed by atoms with E-state index in [-0.39, 0.29) is 18.2 Å². The van der Waals surface area contributed by atoms with Crippen molar-refractivity contribution in [3.8, 4) is 11.3 Å². The first-order valence-corrected chi connectivity index (χ1v) is 10.9. The summed E-state index contributed by atoms with van der Waals surface area (Å²) >= 11 is 2.81. The van der Waals surface area contributed by atoms with Crippen LogP contribution >= 0.6 is 22.7 Å². The van der Waals surface area contributed by atoms with Crippen LogP contribution in [-0.4, -0.2) is 33.6 Å². The van der Waals surface area contributed by atoms with Gasteiger partial charge in [-0.1, -0.05) is 5.16 Å². The number of thiazole rings is 1. The lowest BCUT2D eigenvalue weighted by Crippen LogP contribution is -2.13. The van der Waals surface area contributed by atoms with Gasteiger partial charge >= 0.3 is 5.97 Å². The Hall–Kier alpha value is -3.11. The molecule has 1 N–H and O–H groups in total. The monoisotopic (exact) mass is 442 g/mol. The number of carbonyl (C=O) groups is 2. The average Bonchev–Trinajstić information content (AvgIpc) is 3.40. The number of nitrogens with one attached hydrogen (secondary N) is 1. The van der Waals surface area contributed by atoms with Gasteiger partial charge in [0.1, 0.15) is 0 Å². The van der Waals surface area contributed by atoms with Crippen LogP contribution < -0.4 is 5.32 Å². The van der Waals surface area contributed by atoms with Gasteiger partial charge < -0.3 is 9.26 Å². The van der Waals surface area contributed by atoms with E-state index >= 15 is 0 Å². The number of aryl methyl sites for hydroxylation is 3. The smallest absolute Gasteiger partial charge is 0.357 e. The predicted molar refractivity (Wildman–Crippen MR) is 115 cm³/mol. The Bertz CT molecular complexity index is 1270. The van der Waals surface area contributed by atoms with Crippen molar-refractivity contribution in [2.75, 3.05) is 11.9 Å². The fourth-order valence-corrected chi connectivity index (χ4v) is 4.70. The minimum Gasteiger partial charge on any atom is -0.461 e. The lowest BCUT2D eigenvalue weighted by molar-refractivity contribution is 0.0520. The van der Waals surface area contributed by atoms with Gasteiger partial charge in [0.05, 0.1) is 28.9 Å². The number of esters is 1. The summed E-state index contributed by atoms with van der Waals surface area (Å²) < 4.78 is 10.3. The second-order valence-corrected chi connectivity index (χ2v) is 8.86. The van der Waals surface area contributed by atoms with Gasteiger partial charge in [-0.05, 0) is 39.8 Å². The number of thiophene rings is 1. The number of amides is 1. The van der Waals surface area contributed by atoms with Crippen LogP contribution in [0.2, 0.25) is 0 Å². The standard InChI is InChI=1S/C20H18N4O4S2/c1-5-27-19(26)15-8-29-20(22-15)23-17(25)13-7-14(12-6-9(2)30-11(12)4)21-18-16(13)10(3)24-28-18/h6-8H,5H2,1-4H3,(H,22,23,25). The van der Waals surface area contributed by atoms with Crippen molar-refractivity contribution in [3.05, 3.63) is 44.2 Å². The average molecular weight is 443 g/mol. The van der Waals surface area contributed by atoms with Gasteiger partial charge in [-0.15, -0.1) is 22.7 Å². The molecule has 1 amide bonds. The third-order valence-electron chi connectivity index (χ3n) is 4.39. The first-order valence-electron chi connectivity index (χ1n) is 9.15. The molecule has 0 bridgehead atoms. The predicted octanol–water partition coefficient (Wildman–Crippen LogP) is 4.76. The molecular weight excluding hydrogens is 424 g/mol. The van der Waals surface area contributed by atoms with Gasteiger partial charge in [0.15, 0.2) is 10.8 Å². The first kappa shape index (κ1) is 20.2. The van der Waals surface area contributed by atoms with Crippen molar-refractivity contribution in [1.82, 2.24) is 15.1 Å². The van der Waals surface area contributed by atoms with Crippen molar-refractivity contribution >= 4 is 50.8 Å². The normalized spacial score (nSPS) is 11.1. The molecule has 4 heterocycles. The summed E-state index contributed by atoms with van der Waals surface area (Å²) in [7, 11) is 0. The molecule has 0 radical (unpaired) electrons. The fraction of sp³-hybridized carbons (Fsp3) is 0.250. The Morgan fingerprint density at radius 2 is 2.00 bits per heavy atom. The minimum absolute atomic E-state index is 0.156. The van der Waals surface area contributed by atoms with E-state index in [2.05, 4.69) is 20.4 Å². The summed E-state index contributed by atoms with van der Waals surface area (Å²) in [5, 5.41) is 9.10. The second-order valence-electron chi connectivity index (χ2n) is 6.54. The molecule has 0 unspecified atom stereocenters. The van der Waals surface area contributed by atoms with E-state index < -0.39 is 5.97 Å². The molecule has 4 aromatic heterocycles. The van der Waals surface area contributed by atoms with E-state index in [1.165, 1.54) is 0 Å². The van der Waals surface area contributed by atoms with Gasteiger partial charge in [-0.25, -0.2) is 14.8 Å². The van der Waals surface area contributed by atoms with Gasteiger partial charge in [-0.3, -0.25) is 10.1 Å². The number of fused-ring (bicyclic) bond motifs is 1. The van der Waals surface area contributed by atoms with Crippen molar-refractivity contribution in [2.45, 2.75) is 27.7 Å². The first-order chi connectivity index (χ1) is 14.4. The number of carbonyl (C=O) groups excluding carboxylic acids is 2. The van der Waals surface area contributed by atoms with Gasteiger partial charge in [0.2, 0.25) is 0 Å². The van der Waals surface area contributed by atoms with Crippen molar-refractivity contribution in [2.24, 2.45) is 0 Å². The maximum absolute atomic E-state index is 13.1. The van der Waals surface area contributed by atoms with Crippen LogP contribution in [0.3, 0.4) is 0 Å². The van der Waals surface area contributed by atoms with E-state index in [9.17, 15) is 9.59 Å². The quantitative estimate of drug-likeness (QED) is 0.444. The van der Waals surface area contributed by atoms with Gasteiger partial charge in [0.25, 0.3) is 11.6 Å². The summed E-state index contributed by atoms with van der Waals surface area (Å²) in [4.78, 5) is 35.9. The Morgan fingerprint density at radius 3 is 2.70 bits per heavy atom. The molecule has 30 heavy (non-hydrogen) atoms. The fourth-order valence-electron chi connectivity index (χ4n) is 3.09.